The minimum Gasteiger partial charge on any atom is -0.310 e. The van der Waals surface area contributed by atoms with Gasteiger partial charge in [0.05, 0.1) is 0 Å². The Morgan fingerprint density at radius 2 is 2.13 bits per heavy atom. The summed E-state index contributed by atoms with van der Waals surface area (Å²) in [6, 6.07) is 9.21. The van der Waals surface area contributed by atoms with E-state index in [0.29, 0.717) is 6.04 Å². The molecule has 0 aromatic heterocycles. The molecule has 0 unspecified atom stereocenters. The second-order valence-electron chi connectivity index (χ2n) is 4.08. The van der Waals surface area contributed by atoms with Crippen LogP contribution in [0.1, 0.15) is 24.3 Å². The van der Waals surface area contributed by atoms with Crippen LogP contribution >= 0.6 is 15.9 Å². The average Bonchev–Trinajstić information content (AvgIpc) is 2.18. The largest absolute Gasteiger partial charge is 0.310 e. The first-order chi connectivity index (χ1) is 7.31. The third-order valence-electron chi connectivity index (χ3n) is 3.03. The molecule has 1 N–H and O–H groups in total. The van der Waals surface area contributed by atoms with Gasteiger partial charge in [-0.1, -0.05) is 40.2 Å². The highest BCUT2D eigenvalue weighted by Gasteiger charge is 2.30. The molecule has 15 heavy (non-hydrogen) atoms. The van der Waals surface area contributed by atoms with Gasteiger partial charge in [0.2, 0.25) is 0 Å². The third-order valence-corrected chi connectivity index (χ3v) is 3.76. The number of hydrogen-bond acceptors (Lipinski definition) is 1. The quantitative estimate of drug-likeness (QED) is 0.823. The number of halogens is 1. The summed E-state index contributed by atoms with van der Waals surface area (Å²) in [4.78, 5) is 0. The maximum absolute atomic E-state index is 3.71. The lowest BCUT2D eigenvalue weighted by atomic mass is 9.76. The van der Waals surface area contributed by atoms with Gasteiger partial charge < -0.3 is 5.32 Å². The summed E-state index contributed by atoms with van der Waals surface area (Å²) >= 11 is 3.61. The molecule has 2 rings (SSSR count). The first-order valence-corrected chi connectivity index (χ1v) is 6.19. The summed E-state index contributed by atoms with van der Waals surface area (Å²) in [5.74, 6) is 0.725. The van der Waals surface area contributed by atoms with Gasteiger partial charge in [0.1, 0.15) is 0 Å². The molecule has 1 fully saturated rings. The van der Waals surface area contributed by atoms with Crippen LogP contribution in [-0.2, 0) is 0 Å². The fourth-order valence-electron chi connectivity index (χ4n) is 2.09. The van der Waals surface area contributed by atoms with E-state index in [0.717, 1.165) is 12.5 Å². The van der Waals surface area contributed by atoms with E-state index in [1.165, 1.54) is 22.9 Å². The van der Waals surface area contributed by atoms with Gasteiger partial charge in [0.25, 0.3) is 0 Å². The molecule has 0 heterocycles. The molecule has 2 heteroatoms. The summed E-state index contributed by atoms with van der Waals surface area (Å²) in [7, 11) is 0. The highest BCUT2D eigenvalue weighted by molar-refractivity contribution is 9.10. The molecule has 1 aromatic carbocycles. The second-order valence-corrected chi connectivity index (χ2v) is 4.94. The van der Waals surface area contributed by atoms with Gasteiger partial charge in [-0.15, -0.1) is 6.58 Å². The summed E-state index contributed by atoms with van der Waals surface area (Å²) in [6.07, 6.45) is 4.42. The molecule has 1 aliphatic carbocycles. The minimum absolute atomic E-state index is 0.681. The Hall–Kier alpha value is -0.600. The van der Waals surface area contributed by atoms with Crippen LogP contribution in [0.2, 0.25) is 0 Å². The highest BCUT2D eigenvalue weighted by Crippen LogP contribution is 2.39. The molecule has 0 atom stereocenters. The van der Waals surface area contributed by atoms with Crippen molar-refractivity contribution in [3.8, 4) is 0 Å². The smallest absolute Gasteiger partial charge is 0.0210 e. The summed E-state index contributed by atoms with van der Waals surface area (Å²) < 4.78 is 1.25. The van der Waals surface area contributed by atoms with E-state index < -0.39 is 0 Å². The maximum atomic E-state index is 3.71. The Kier molecular flexibility index (Phi) is 3.60. The fraction of sp³-hybridized carbons (Fsp3) is 0.385. The van der Waals surface area contributed by atoms with Crippen molar-refractivity contribution in [1.82, 2.24) is 5.32 Å². The van der Waals surface area contributed by atoms with Crippen molar-refractivity contribution in [2.75, 3.05) is 6.54 Å². The van der Waals surface area contributed by atoms with E-state index in [1.54, 1.807) is 0 Å². The monoisotopic (exact) mass is 265 g/mol. The van der Waals surface area contributed by atoms with Crippen molar-refractivity contribution in [1.29, 1.82) is 0 Å². The Labute approximate surface area is 99.7 Å². The van der Waals surface area contributed by atoms with Gasteiger partial charge in [-0.2, -0.15) is 0 Å². The standard InChI is InChI=1S/C13H16BrN/c1-2-7-15-11-8-10(9-11)12-5-3-4-6-13(12)14/h2-6,10-11,15H,1,7-9H2. The molecule has 0 radical (unpaired) electrons. The lowest BCUT2D eigenvalue weighted by molar-refractivity contribution is 0.299. The molecule has 80 valence electrons. The second kappa shape index (κ2) is 4.95. The highest BCUT2D eigenvalue weighted by atomic mass is 79.9. The number of nitrogens with one attached hydrogen (secondary N) is 1. The predicted molar refractivity (Wildman–Crippen MR) is 68.1 cm³/mol. The fourth-order valence-corrected chi connectivity index (χ4v) is 2.70. The molecule has 0 saturated heterocycles. The third kappa shape index (κ3) is 2.50. The van der Waals surface area contributed by atoms with Crippen LogP contribution in [0.15, 0.2) is 41.4 Å². The molecule has 0 amide bonds. The van der Waals surface area contributed by atoms with Crippen LogP contribution in [0.25, 0.3) is 0 Å². The summed E-state index contributed by atoms with van der Waals surface area (Å²) in [5.41, 5.74) is 1.45. The van der Waals surface area contributed by atoms with Crippen LogP contribution in [0, 0.1) is 0 Å². The summed E-state index contributed by atoms with van der Waals surface area (Å²) in [5, 5.41) is 3.45. The Morgan fingerprint density at radius 3 is 2.80 bits per heavy atom. The molecule has 1 aromatic rings. The SMILES string of the molecule is C=CCNC1CC(c2ccccc2Br)C1. The number of benzene rings is 1. The van der Waals surface area contributed by atoms with Gasteiger partial charge in [-0.05, 0) is 30.4 Å². The van der Waals surface area contributed by atoms with Gasteiger partial charge >= 0.3 is 0 Å². The Balaban J connectivity index is 1.89. The molecule has 0 bridgehead atoms. The van der Waals surface area contributed by atoms with E-state index >= 15 is 0 Å². The Morgan fingerprint density at radius 1 is 1.40 bits per heavy atom. The van der Waals surface area contributed by atoms with E-state index in [9.17, 15) is 0 Å². The maximum Gasteiger partial charge on any atom is 0.0210 e. The molecule has 1 aliphatic rings. The Bertz CT molecular complexity index is 342. The lowest BCUT2D eigenvalue weighted by Crippen LogP contribution is -2.40. The van der Waals surface area contributed by atoms with Crippen molar-refractivity contribution in [3.05, 3.63) is 47.0 Å². The lowest BCUT2D eigenvalue weighted by Gasteiger charge is -2.36. The van der Waals surface area contributed by atoms with E-state index in [4.69, 9.17) is 0 Å². The van der Waals surface area contributed by atoms with Crippen LogP contribution in [0.3, 0.4) is 0 Å². The van der Waals surface area contributed by atoms with Crippen molar-refractivity contribution in [2.45, 2.75) is 24.8 Å². The number of hydrogen-bond donors (Lipinski definition) is 1. The van der Waals surface area contributed by atoms with E-state index in [-0.39, 0.29) is 0 Å². The van der Waals surface area contributed by atoms with Crippen LogP contribution in [0.4, 0.5) is 0 Å². The summed E-state index contributed by atoms with van der Waals surface area (Å²) in [6.45, 7) is 4.64. The van der Waals surface area contributed by atoms with E-state index in [2.05, 4.69) is 52.1 Å². The first-order valence-electron chi connectivity index (χ1n) is 5.40. The zero-order chi connectivity index (χ0) is 10.7. The molecule has 1 nitrogen and oxygen atoms in total. The molecule has 0 spiro atoms. The van der Waals surface area contributed by atoms with Crippen molar-refractivity contribution in [3.63, 3.8) is 0 Å². The van der Waals surface area contributed by atoms with E-state index in [1.807, 2.05) is 6.08 Å². The average molecular weight is 266 g/mol. The minimum atomic E-state index is 0.681. The first kappa shape index (κ1) is 10.9. The van der Waals surface area contributed by atoms with Crippen molar-refractivity contribution >= 4 is 15.9 Å². The van der Waals surface area contributed by atoms with Gasteiger partial charge in [0.15, 0.2) is 0 Å². The van der Waals surface area contributed by atoms with Crippen LogP contribution in [-0.4, -0.2) is 12.6 Å². The zero-order valence-corrected chi connectivity index (χ0v) is 10.3. The molecule has 0 aliphatic heterocycles. The normalized spacial score (nSPS) is 24.6. The topological polar surface area (TPSA) is 12.0 Å². The van der Waals surface area contributed by atoms with Crippen LogP contribution < -0.4 is 5.32 Å². The van der Waals surface area contributed by atoms with Gasteiger partial charge in [-0.3, -0.25) is 0 Å². The van der Waals surface area contributed by atoms with Gasteiger partial charge in [0, 0.05) is 17.1 Å². The number of rotatable bonds is 4. The van der Waals surface area contributed by atoms with Crippen molar-refractivity contribution in [2.24, 2.45) is 0 Å². The predicted octanol–water partition coefficient (Wildman–Crippen LogP) is 3.47. The molecular weight excluding hydrogens is 250 g/mol. The zero-order valence-electron chi connectivity index (χ0n) is 8.75. The molecule has 1 saturated carbocycles. The molecular formula is C13H16BrN. The van der Waals surface area contributed by atoms with Crippen LogP contribution in [0.5, 0.6) is 0 Å². The van der Waals surface area contributed by atoms with Crippen molar-refractivity contribution < 1.29 is 0 Å². The van der Waals surface area contributed by atoms with Gasteiger partial charge in [-0.25, -0.2) is 0 Å².